The van der Waals surface area contributed by atoms with Gasteiger partial charge in [-0.2, -0.15) is 0 Å². The summed E-state index contributed by atoms with van der Waals surface area (Å²) in [7, 11) is 0. The van der Waals surface area contributed by atoms with Gasteiger partial charge in [-0.05, 0) is 114 Å². The molecule has 0 saturated heterocycles. The first-order valence-electron chi connectivity index (χ1n) is 24.5. The zero-order valence-electron chi connectivity index (χ0n) is 39.4. The molecule has 2 heterocycles. The molecule has 0 fully saturated rings. The minimum absolute atomic E-state index is 0.128. The molecule has 2 aliphatic carbocycles. The second-order valence-electron chi connectivity index (χ2n) is 19.5. The Labute approximate surface area is 414 Å². The highest BCUT2D eigenvalue weighted by Crippen LogP contribution is 2.65. The molecule has 0 atom stereocenters. The largest absolute Gasteiger partial charge is 0.310 e. The number of anilines is 3. The molecule has 0 amide bonds. The van der Waals surface area contributed by atoms with E-state index in [0.29, 0.717) is 17.5 Å². The van der Waals surface area contributed by atoms with Crippen molar-refractivity contribution in [2.45, 2.75) is 24.7 Å². The molecule has 4 nitrogen and oxygen atoms in total. The third-order valence-corrected chi connectivity index (χ3v) is 15.3. The minimum atomic E-state index is -0.676. The van der Waals surface area contributed by atoms with Crippen molar-refractivity contribution in [1.29, 1.82) is 0 Å². The predicted molar refractivity (Wildman–Crippen MR) is 290 cm³/mol. The summed E-state index contributed by atoms with van der Waals surface area (Å²) >= 11 is 0. The maximum absolute atomic E-state index is 5.45. The number of para-hydroxylation sites is 3. The molecule has 11 aromatic rings. The molecule has 10 aromatic carbocycles. The van der Waals surface area contributed by atoms with Crippen LogP contribution in [-0.2, 0) is 10.8 Å². The number of hydrogen-bond acceptors (Lipinski definition) is 4. The van der Waals surface area contributed by atoms with Crippen LogP contribution in [0, 0.1) is 0 Å². The molecule has 0 unspecified atom stereocenters. The van der Waals surface area contributed by atoms with Gasteiger partial charge in [-0.15, -0.1) is 0 Å². The van der Waals surface area contributed by atoms with Gasteiger partial charge in [0.25, 0.3) is 0 Å². The number of benzene rings is 10. The van der Waals surface area contributed by atoms with E-state index >= 15 is 0 Å². The van der Waals surface area contributed by atoms with Gasteiger partial charge in [0, 0.05) is 27.8 Å². The lowest BCUT2D eigenvalue weighted by atomic mass is 9.64. The van der Waals surface area contributed by atoms with Gasteiger partial charge in [-0.1, -0.05) is 220 Å². The van der Waals surface area contributed by atoms with Crippen LogP contribution in [0.3, 0.4) is 0 Å². The van der Waals surface area contributed by atoms with Crippen molar-refractivity contribution in [3.05, 3.63) is 276 Å². The van der Waals surface area contributed by atoms with E-state index in [0.717, 1.165) is 44.9 Å². The van der Waals surface area contributed by atoms with Crippen molar-refractivity contribution in [2.75, 3.05) is 4.90 Å². The molecule has 0 bridgehead atoms. The van der Waals surface area contributed by atoms with E-state index < -0.39 is 5.41 Å². The van der Waals surface area contributed by atoms with Crippen molar-refractivity contribution in [1.82, 2.24) is 15.0 Å². The summed E-state index contributed by atoms with van der Waals surface area (Å²) in [6.07, 6.45) is 0. The molecule has 334 valence electrons. The second kappa shape index (κ2) is 15.8. The standard InChI is InChI=1S/C67H46N4/c1-66(2)54-27-13-12-25-50(54)51-39-37-48(42-59(51)66)47-38-40-55-53(41-47)62-52(65-69-63(45-21-8-4-9-22-45)68-64(70-65)46-35-33-44(34-36-46)43-19-6-3-7-20-43)26-18-30-58(62)67(55)56-28-14-16-31-60(56)71(49-23-10-5-11-24-49)61-32-17-15-29-57(61)67/h3-42H,1-2H3. The molecule has 1 aliphatic heterocycles. The number of nitrogens with zero attached hydrogens (tertiary/aromatic N) is 4. The fraction of sp³-hybridized carbons (Fsp3) is 0.0597. The molecule has 3 aliphatic rings. The smallest absolute Gasteiger partial charge is 0.164 e. The van der Waals surface area contributed by atoms with Gasteiger partial charge in [-0.3, -0.25) is 0 Å². The summed E-state index contributed by atoms with van der Waals surface area (Å²) in [6.45, 7) is 4.72. The number of aromatic nitrogens is 3. The summed E-state index contributed by atoms with van der Waals surface area (Å²) in [5.41, 5.74) is 22.7. The van der Waals surface area contributed by atoms with Gasteiger partial charge in [0.05, 0.1) is 16.8 Å². The first-order valence-corrected chi connectivity index (χ1v) is 24.5. The van der Waals surface area contributed by atoms with E-state index in [1.165, 1.54) is 66.8 Å². The van der Waals surface area contributed by atoms with E-state index in [1.54, 1.807) is 0 Å². The third-order valence-electron chi connectivity index (χ3n) is 15.3. The topological polar surface area (TPSA) is 41.9 Å². The SMILES string of the molecule is CC1(C)c2ccccc2-c2ccc(-c3ccc4c(c3)-c3c(-c5nc(-c6ccccc6)nc(-c6ccc(-c7ccccc7)cc6)n5)cccc3C43c4ccccc4N(c4ccccc4)c4ccccc43)cc21. The highest BCUT2D eigenvalue weighted by atomic mass is 15.2. The molecule has 14 rings (SSSR count). The van der Waals surface area contributed by atoms with Gasteiger partial charge >= 0.3 is 0 Å². The third kappa shape index (κ3) is 6.14. The summed E-state index contributed by atoms with van der Waals surface area (Å²) < 4.78 is 0. The monoisotopic (exact) mass is 906 g/mol. The maximum atomic E-state index is 5.45. The number of fused-ring (bicyclic) bond motifs is 12. The van der Waals surface area contributed by atoms with Crippen molar-refractivity contribution >= 4 is 17.1 Å². The Balaban J connectivity index is 1.03. The lowest BCUT2D eigenvalue weighted by molar-refractivity contribution is 0.660. The Morgan fingerprint density at radius 1 is 0.296 bits per heavy atom. The van der Waals surface area contributed by atoms with E-state index in [1.807, 2.05) is 18.2 Å². The fourth-order valence-electron chi connectivity index (χ4n) is 12.1. The highest BCUT2D eigenvalue weighted by molar-refractivity contribution is 6.01. The van der Waals surface area contributed by atoms with Crippen LogP contribution in [0.4, 0.5) is 17.1 Å². The summed E-state index contributed by atoms with van der Waals surface area (Å²) in [5, 5.41) is 0. The summed E-state index contributed by atoms with van der Waals surface area (Å²) in [6, 6.07) is 88.1. The highest BCUT2D eigenvalue weighted by Gasteiger charge is 2.52. The average molecular weight is 907 g/mol. The first kappa shape index (κ1) is 41.0. The Morgan fingerprint density at radius 2 is 0.761 bits per heavy atom. The van der Waals surface area contributed by atoms with Crippen LogP contribution in [0.2, 0.25) is 0 Å². The van der Waals surface area contributed by atoms with Crippen LogP contribution in [0.1, 0.15) is 47.2 Å². The maximum Gasteiger partial charge on any atom is 0.164 e. The molecular weight excluding hydrogens is 861 g/mol. The van der Waals surface area contributed by atoms with Gasteiger partial charge < -0.3 is 4.90 Å². The molecule has 1 spiro atoms. The summed E-state index contributed by atoms with van der Waals surface area (Å²) in [4.78, 5) is 18.5. The second-order valence-corrected chi connectivity index (χ2v) is 19.5. The quantitative estimate of drug-likeness (QED) is 0.167. The minimum Gasteiger partial charge on any atom is -0.310 e. The zero-order chi connectivity index (χ0) is 47.3. The van der Waals surface area contributed by atoms with Gasteiger partial charge in [-0.25, -0.2) is 15.0 Å². The van der Waals surface area contributed by atoms with E-state index in [2.05, 4.69) is 243 Å². The average Bonchev–Trinajstić information content (AvgIpc) is 3.86. The van der Waals surface area contributed by atoms with Crippen LogP contribution >= 0.6 is 0 Å². The number of rotatable bonds is 6. The van der Waals surface area contributed by atoms with Crippen molar-refractivity contribution in [2.24, 2.45) is 0 Å². The van der Waals surface area contributed by atoms with Crippen LogP contribution in [0.15, 0.2) is 243 Å². The van der Waals surface area contributed by atoms with E-state index in [4.69, 9.17) is 15.0 Å². The molecule has 0 saturated carbocycles. The number of hydrogen-bond donors (Lipinski definition) is 0. The van der Waals surface area contributed by atoms with Gasteiger partial charge in [0.15, 0.2) is 17.5 Å². The molecule has 71 heavy (non-hydrogen) atoms. The van der Waals surface area contributed by atoms with E-state index in [-0.39, 0.29) is 5.41 Å². The van der Waals surface area contributed by atoms with Crippen molar-refractivity contribution in [3.63, 3.8) is 0 Å². The zero-order valence-corrected chi connectivity index (χ0v) is 39.4. The van der Waals surface area contributed by atoms with Crippen LogP contribution < -0.4 is 4.90 Å². The molecule has 0 N–H and O–H groups in total. The Bertz CT molecular complexity index is 3850. The first-order chi connectivity index (χ1) is 35.0. The van der Waals surface area contributed by atoms with Crippen LogP contribution in [-0.4, -0.2) is 15.0 Å². The normalized spacial score (nSPS) is 14.0. The van der Waals surface area contributed by atoms with Crippen LogP contribution in [0.5, 0.6) is 0 Å². The lowest BCUT2D eigenvalue weighted by Crippen LogP contribution is -2.36. The van der Waals surface area contributed by atoms with Gasteiger partial charge in [0.2, 0.25) is 0 Å². The molecule has 0 radical (unpaired) electrons. The molecule has 4 heteroatoms. The molecule has 1 aromatic heterocycles. The Hall–Kier alpha value is -8.99. The Morgan fingerprint density at radius 3 is 1.45 bits per heavy atom. The predicted octanol–water partition coefficient (Wildman–Crippen LogP) is 16.7. The van der Waals surface area contributed by atoms with Crippen molar-refractivity contribution < 1.29 is 0 Å². The van der Waals surface area contributed by atoms with Crippen LogP contribution in [0.25, 0.3) is 78.7 Å². The van der Waals surface area contributed by atoms with E-state index in [9.17, 15) is 0 Å². The van der Waals surface area contributed by atoms with Crippen molar-refractivity contribution in [3.8, 4) is 78.7 Å². The van der Waals surface area contributed by atoms with Gasteiger partial charge in [0.1, 0.15) is 0 Å². The fourth-order valence-corrected chi connectivity index (χ4v) is 12.1. The molecular formula is C67H46N4. The lowest BCUT2D eigenvalue weighted by Gasteiger charge is -2.45. The Kier molecular flexibility index (Phi) is 9.12. The summed E-state index contributed by atoms with van der Waals surface area (Å²) in [5.74, 6) is 1.89.